The standard InChI is InChI=1S/C93H120N16O19S/c1-11-12-32-76-91(125)106(7)53-80(114)99-72(48-82(116)117)88(122)104-83(57(4)5)93(127)107(8)64(42-58-24-16-13-17-25-58)50-96-73(44-62-35-39-66(111)40-36-62)89(123)105(6)52-79(113)98-71(47-63-49-95-68-31-23-22-30-67(63)68)87(121)102-70(43-61-33-37-65(110)38-34-61)86(120)101-69(41-56(2)3)85(119)103-75(84(118)97-51-78(94)112)54-129(128)55-81(115)100-74(45-59-26-18-14-19-27-59)90(124)109(10)77(92(126)108(76)9)46-60-28-20-15-21-29-60/h13-31,33-40,49,56-57,64,69-77,83,95-96,110-111H,11-12,32,41-48,50-55H2,1-10H3,(H2,94,112)(H,97,118)(H,98,113)(H,99,114)(H,100,115)(H,101,120)(H,102,121)(H,103,119)(H,104,122)(H,116,117)/t64-,69-,70-,71-,72-,73-,74-,75-,76-,77-,83-,129?/m0/s1. The van der Waals surface area contributed by atoms with Gasteiger partial charge in [0, 0.05) is 101 Å². The van der Waals surface area contributed by atoms with Crippen LogP contribution in [-0.4, -0.2) is 277 Å². The minimum atomic E-state index is -2.45. The van der Waals surface area contributed by atoms with E-state index in [4.69, 9.17) is 5.73 Å². The summed E-state index contributed by atoms with van der Waals surface area (Å²) in [5, 5.41) is 55.9. The summed E-state index contributed by atoms with van der Waals surface area (Å²) in [6.45, 7) is 6.15. The molecule has 36 heteroatoms. The zero-order chi connectivity index (χ0) is 94.3. The molecule has 1 aliphatic heterocycles. The summed E-state index contributed by atoms with van der Waals surface area (Å²) >= 11 is 0. The molecule has 14 amide bonds. The Bertz CT molecular complexity index is 5070. The van der Waals surface area contributed by atoms with E-state index in [1.807, 2.05) is 19.1 Å². The van der Waals surface area contributed by atoms with Gasteiger partial charge in [0.15, 0.2) is 0 Å². The number of amides is 14. The van der Waals surface area contributed by atoms with Crippen LogP contribution in [0.15, 0.2) is 170 Å². The number of phenols is 2. The van der Waals surface area contributed by atoms with Gasteiger partial charge in [-0.05, 0) is 101 Å². The monoisotopic (exact) mass is 1800 g/mol. The highest BCUT2D eigenvalue weighted by Crippen LogP contribution is 2.24. The van der Waals surface area contributed by atoms with Gasteiger partial charge in [-0.1, -0.05) is 181 Å². The second-order valence-electron chi connectivity index (χ2n) is 33.3. The second-order valence-corrected chi connectivity index (χ2v) is 34.8. The highest BCUT2D eigenvalue weighted by molar-refractivity contribution is 7.85. The van der Waals surface area contributed by atoms with Crippen LogP contribution in [0, 0.1) is 11.8 Å². The number of aromatic hydroxyl groups is 2. The summed E-state index contributed by atoms with van der Waals surface area (Å²) in [6, 6.07) is 28.6. The molecule has 692 valence electrons. The highest BCUT2D eigenvalue weighted by atomic mass is 32.2. The summed E-state index contributed by atoms with van der Waals surface area (Å²) < 4.78 is 14.6. The Morgan fingerprint density at radius 1 is 0.488 bits per heavy atom. The van der Waals surface area contributed by atoms with Crippen LogP contribution in [0.3, 0.4) is 0 Å². The fourth-order valence-corrected chi connectivity index (χ4v) is 16.2. The number of carbonyl (C=O) groups is 15. The number of H-pyrrole nitrogens is 1. The third-order valence-corrected chi connectivity index (χ3v) is 23.6. The number of carboxylic acid groups (broad SMARTS) is 1. The number of rotatable bonds is 23. The first-order chi connectivity index (χ1) is 61.4. The summed E-state index contributed by atoms with van der Waals surface area (Å²) in [5.41, 5.74) is 9.39. The number of carbonyl (C=O) groups excluding carboxylic acids is 14. The lowest BCUT2D eigenvalue weighted by atomic mass is 9.98. The van der Waals surface area contributed by atoms with Crippen molar-refractivity contribution in [1.82, 2.24) is 77.3 Å². The lowest BCUT2D eigenvalue weighted by Crippen LogP contribution is -2.60. The third kappa shape index (κ3) is 31.0. The van der Waals surface area contributed by atoms with Crippen molar-refractivity contribution in [3.8, 4) is 11.5 Å². The van der Waals surface area contributed by atoms with E-state index in [1.54, 1.807) is 149 Å². The van der Waals surface area contributed by atoms with Crippen molar-refractivity contribution in [2.45, 2.75) is 172 Å². The Morgan fingerprint density at radius 3 is 1.51 bits per heavy atom. The minimum absolute atomic E-state index is 0.0238. The summed E-state index contributed by atoms with van der Waals surface area (Å²) in [5.74, 6) is -17.4. The predicted molar refractivity (Wildman–Crippen MR) is 482 cm³/mol. The van der Waals surface area contributed by atoms with Crippen LogP contribution in [0.5, 0.6) is 11.5 Å². The van der Waals surface area contributed by atoms with Crippen LogP contribution in [0.25, 0.3) is 10.9 Å². The van der Waals surface area contributed by atoms with Crippen LogP contribution in [0.4, 0.5) is 0 Å². The molecular weight excluding hydrogens is 1680 g/mol. The van der Waals surface area contributed by atoms with Gasteiger partial charge >= 0.3 is 5.97 Å². The van der Waals surface area contributed by atoms with E-state index in [-0.39, 0.29) is 69.4 Å². The van der Waals surface area contributed by atoms with Crippen molar-refractivity contribution < 1.29 is 91.4 Å². The molecule has 1 aromatic heterocycles. The molecule has 1 unspecified atom stereocenters. The van der Waals surface area contributed by atoms with Gasteiger partial charge in [0.2, 0.25) is 82.7 Å². The Kier molecular flexibility index (Phi) is 38.4. The zero-order valence-electron chi connectivity index (χ0n) is 74.3. The van der Waals surface area contributed by atoms with Gasteiger partial charge < -0.3 is 98.4 Å². The van der Waals surface area contributed by atoms with Crippen molar-refractivity contribution in [2.75, 3.05) is 72.9 Å². The fourth-order valence-electron chi connectivity index (χ4n) is 15.1. The van der Waals surface area contributed by atoms with Gasteiger partial charge in [0.1, 0.15) is 71.6 Å². The minimum Gasteiger partial charge on any atom is -0.508 e. The molecule has 15 N–H and O–H groups in total. The molecule has 0 radical (unpaired) electrons. The number of likely N-dealkylation sites (N-methyl/N-ethyl adjacent to an activating group) is 5. The second kappa shape index (κ2) is 49.1. The molecule has 0 aliphatic carbocycles. The number of nitrogens with one attached hydrogen (secondary N) is 10. The number of para-hydroxylation sites is 1. The maximum atomic E-state index is 15.5. The van der Waals surface area contributed by atoms with Gasteiger partial charge in [-0.25, -0.2) is 0 Å². The Hall–Kier alpha value is -13.4. The number of nitrogens with zero attached hydrogens (tertiary/aromatic N) is 5. The number of carboxylic acids is 1. The molecule has 1 fully saturated rings. The summed E-state index contributed by atoms with van der Waals surface area (Å²) in [6.07, 6.45) is 0.550. The number of primary amides is 1. The predicted octanol–water partition coefficient (Wildman–Crippen LogP) is 1.82. The SMILES string of the molecule is CCCC[C@H]1C(=O)N(C)CC(=O)N[C@@H](CC(=O)O)C(=O)N[C@@H](C(C)C)C(=O)N(C)[C@@H](Cc2ccccc2)CN[C@@H](Cc2ccc(O)cc2)C(=O)N(C)CC(=O)N[C@@H](Cc2c[nH]c3ccccc23)C(=O)N[C@@H](Cc2ccc(O)cc2)C(=O)N[C@@H](CC(C)C)C(=O)N[C@H](C(=O)NCC(N)=O)CS(=O)CC(=O)N[C@@H](Cc2ccccc2)C(=O)N(C)[C@@H](Cc2ccccc2)C(=O)N1C. The molecule has 8 rings (SSSR count). The van der Waals surface area contributed by atoms with Crippen molar-refractivity contribution in [3.63, 3.8) is 0 Å². The summed E-state index contributed by atoms with van der Waals surface area (Å²) in [7, 11) is 4.34. The van der Waals surface area contributed by atoms with Crippen molar-refractivity contribution in [3.05, 3.63) is 203 Å². The van der Waals surface area contributed by atoms with Gasteiger partial charge in [-0.3, -0.25) is 76.1 Å². The molecule has 1 aliphatic rings. The average molecular weight is 1800 g/mol. The van der Waals surface area contributed by atoms with Gasteiger partial charge in [0.25, 0.3) is 0 Å². The first-order valence-corrected chi connectivity index (χ1v) is 44.3. The molecule has 1 saturated heterocycles. The number of aromatic amines is 1. The van der Waals surface area contributed by atoms with Crippen molar-refractivity contribution in [1.29, 1.82) is 0 Å². The summed E-state index contributed by atoms with van der Waals surface area (Å²) in [4.78, 5) is 229. The lowest BCUT2D eigenvalue weighted by Gasteiger charge is -2.37. The zero-order valence-corrected chi connectivity index (χ0v) is 75.1. The molecule has 0 bridgehead atoms. The van der Waals surface area contributed by atoms with E-state index in [9.17, 15) is 57.9 Å². The number of fused-ring (bicyclic) bond motifs is 1. The number of aliphatic carboxylic acids is 1. The number of hydrogen-bond acceptors (Lipinski definition) is 19. The number of benzene rings is 6. The first kappa shape index (κ1) is 101. The van der Waals surface area contributed by atoms with Crippen LogP contribution >= 0.6 is 0 Å². The van der Waals surface area contributed by atoms with E-state index in [0.717, 1.165) is 25.2 Å². The van der Waals surface area contributed by atoms with Crippen molar-refractivity contribution in [2.24, 2.45) is 17.6 Å². The van der Waals surface area contributed by atoms with Crippen molar-refractivity contribution >= 4 is 110 Å². The topological polar surface area (TPSA) is 500 Å². The lowest BCUT2D eigenvalue weighted by molar-refractivity contribution is -0.151. The quantitative estimate of drug-likeness (QED) is 0.0434. The smallest absolute Gasteiger partial charge is 0.305 e. The number of aromatic nitrogens is 1. The number of unbranched alkanes of at least 4 members (excludes halogenated alkanes) is 1. The van der Waals surface area contributed by atoms with Gasteiger partial charge in [-0.2, -0.15) is 0 Å². The third-order valence-electron chi connectivity index (χ3n) is 22.3. The van der Waals surface area contributed by atoms with Gasteiger partial charge in [-0.15, -0.1) is 0 Å². The molecule has 7 aromatic rings. The maximum Gasteiger partial charge on any atom is 0.305 e. The van der Waals surface area contributed by atoms with E-state index in [2.05, 4.69) is 52.8 Å². The van der Waals surface area contributed by atoms with E-state index >= 15 is 33.6 Å². The molecule has 6 aromatic carbocycles. The molecule has 129 heavy (non-hydrogen) atoms. The number of nitrogens with two attached hydrogens (primary N) is 1. The fraction of sp³-hybridized carbons (Fsp3) is 0.430. The van der Waals surface area contributed by atoms with Crippen LogP contribution < -0.4 is 53.6 Å². The molecule has 12 atom stereocenters. The van der Waals surface area contributed by atoms with Crippen LogP contribution in [0.2, 0.25) is 0 Å². The van der Waals surface area contributed by atoms with E-state index < -0.39 is 215 Å². The number of hydrogen-bond donors (Lipinski definition) is 14. The Morgan fingerprint density at radius 2 is 0.961 bits per heavy atom. The normalized spacial score (nSPS) is 22.5. The Balaban J connectivity index is 1.21. The average Bonchev–Trinajstić information content (AvgIpc) is 1.49. The van der Waals surface area contributed by atoms with E-state index in [0.29, 0.717) is 51.6 Å². The Labute approximate surface area is 752 Å². The molecule has 0 spiro atoms. The van der Waals surface area contributed by atoms with E-state index in [1.165, 1.54) is 76.5 Å². The molecule has 35 nitrogen and oxygen atoms in total. The van der Waals surface area contributed by atoms with Crippen LogP contribution in [0.1, 0.15) is 100 Å². The molecule has 2 heterocycles. The molecular formula is C93H120N16O19S. The maximum absolute atomic E-state index is 15.5. The first-order valence-electron chi connectivity index (χ1n) is 42.8. The molecule has 0 saturated carbocycles. The van der Waals surface area contributed by atoms with Crippen LogP contribution in [-0.2, 0) is 121 Å². The largest absolute Gasteiger partial charge is 0.508 e. The highest BCUT2D eigenvalue weighted by Gasteiger charge is 2.42. The van der Waals surface area contributed by atoms with Gasteiger partial charge in [0.05, 0.1) is 37.8 Å². The number of phenolic OH excluding ortho intramolecular Hbond substituents is 2.